The Morgan fingerprint density at radius 2 is 2.23 bits per heavy atom. The van der Waals surface area contributed by atoms with Crippen molar-refractivity contribution in [3.8, 4) is 0 Å². The smallest absolute Gasteiger partial charge is 0.191 e. The molecule has 3 saturated heterocycles. The van der Waals surface area contributed by atoms with Crippen molar-refractivity contribution in [2.75, 3.05) is 33.0 Å². The standard InChI is InChI=1S/C16H24N2O4/c1-11-17-13(9-22-11)7-18-6-12-8-21-5-3-16(12,19)14-10-20-4-2-15(14)18/h9,12,14-15,19H,2-8,10H2,1H3/t12-,14+,15-,16-/m1/s1. The predicted molar refractivity (Wildman–Crippen MR) is 78.2 cm³/mol. The molecule has 0 bridgehead atoms. The van der Waals surface area contributed by atoms with Crippen LogP contribution in [0.1, 0.15) is 24.4 Å². The molecular weight excluding hydrogens is 284 g/mol. The van der Waals surface area contributed by atoms with Crippen LogP contribution in [0.4, 0.5) is 0 Å². The van der Waals surface area contributed by atoms with Crippen LogP contribution >= 0.6 is 0 Å². The highest BCUT2D eigenvalue weighted by molar-refractivity contribution is 5.07. The summed E-state index contributed by atoms with van der Waals surface area (Å²) in [6.45, 7) is 6.19. The quantitative estimate of drug-likeness (QED) is 0.878. The summed E-state index contributed by atoms with van der Waals surface area (Å²) in [4.78, 5) is 6.87. The highest BCUT2D eigenvalue weighted by atomic mass is 16.5. The number of rotatable bonds is 2. The lowest BCUT2D eigenvalue weighted by molar-refractivity contribution is -0.221. The summed E-state index contributed by atoms with van der Waals surface area (Å²) < 4.78 is 16.7. The Hall–Kier alpha value is -0.950. The molecule has 0 amide bonds. The molecule has 22 heavy (non-hydrogen) atoms. The minimum atomic E-state index is -0.639. The molecule has 0 aromatic carbocycles. The second-order valence-electron chi connectivity index (χ2n) is 6.84. The Morgan fingerprint density at radius 1 is 1.36 bits per heavy atom. The molecule has 6 heteroatoms. The first kappa shape index (κ1) is 14.6. The van der Waals surface area contributed by atoms with Crippen molar-refractivity contribution in [3.05, 3.63) is 17.8 Å². The van der Waals surface area contributed by atoms with Crippen LogP contribution in [-0.4, -0.2) is 59.6 Å². The first-order chi connectivity index (χ1) is 10.7. The molecule has 122 valence electrons. The molecule has 0 radical (unpaired) electrons. The van der Waals surface area contributed by atoms with Crippen LogP contribution in [0.2, 0.25) is 0 Å². The van der Waals surface area contributed by atoms with Crippen molar-refractivity contribution in [2.45, 2.75) is 38.0 Å². The fraction of sp³-hybridized carbons (Fsp3) is 0.812. The number of nitrogens with zero attached hydrogens (tertiary/aromatic N) is 2. The van der Waals surface area contributed by atoms with E-state index in [0.717, 1.165) is 38.2 Å². The molecule has 3 fully saturated rings. The summed E-state index contributed by atoms with van der Waals surface area (Å²) in [6, 6.07) is 0.352. The second kappa shape index (κ2) is 5.60. The van der Waals surface area contributed by atoms with E-state index in [1.165, 1.54) is 0 Å². The lowest BCUT2D eigenvalue weighted by atomic mass is 9.66. The zero-order valence-corrected chi connectivity index (χ0v) is 13.0. The maximum atomic E-state index is 11.3. The lowest BCUT2D eigenvalue weighted by Crippen LogP contribution is -2.67. The summed E-state index contributed by atoms with van der Waals surface area (Å²) in [5.74, 6) is 1.02. The molecule has 3 aliphatic rings. The largest absolute Gasteiger partial charge is 0.449 e. The van der Waals surface area contributed by atoms with Crippen molar-refractivity contribution >= 4 is 0 Å². The van der Waals surface area contributed by atoms with Gasteiger partial charge in [-0.3, -0.25) is 4.90 Å². The highest BCUT2D eigenvalue weighted by Crippen LogP contribution is 2.44. The maximum absolute atomic E-state index is 11.3. The number of hydrogen-bond acceptors (Lipinski definition) is 6. The van der Waals surface area contributed by atoms with Crippen LogP contribution in [0.5, 0.6) is 0 Å². The van der Waals surface area contributed by atoms with Gasteiger partial charge in [-0.25, -0.2) is 4.98 Å². The third kappa shape index (κ3) is 2.38. The Morgan fingerprint density at radius 3 is 3.05 bits per heavy atom. The Labute approximate surface area is 130 Å². The van der Waals surface area contributed by atoms with Gasteiger partial charge in [-0.05, 0) is 6.42 Å². The van der Waals surface area contributed by atoms with E-state index >= 15 is 0 Å². The number of aliphatic hydroxyl groups is 1. The SMILES string of the molecule is Cc1nc(CN2C[C@@H]3COCC[C@]3(O)[C@H]3COCC[C@H]32)co1. The van der Waals surface area contributed by atoms with E-state index in [4.69, 9.17) is 13.9 Å². The molecule has 1 aromatic rings. The zero-order chi connectivity index (χ0) is 15.2. The van der Waals surface area contributed by atoms with E-state index in [9.17, 15) is 5.11 Å². The lowest BCUT2D eigenvalue weighted by Gasteiger charge is -2.57. The van der Waals surface area contributed by atoms with Crippen molar-refractivity contribution in [1.29, 1.82) is 0 Å². The van der Waals surface area contributed by atoms with Crippen molar-refractivity contribution in [3.63, 3.8) is 0 Å². The fourth-order valence-corrected chi connectivity index (χ4v) is 4.44. The topological polar surface area (TPSA) is 68.0 Å². The van der Waals surface area contributed by atoms with Gasteiger partial charge in [0.2, 0.25) is 0 Å². The molecule has 4 atom stereocenters. The molecule has 0 unspecified atom stereocenters. The summed E-state index contributed by atoms with van der Waals surface area (Å²) in [5, 5.41) is 11.3. The van der Waals surface area contributed by atoms with Gasteiger partial charge in [0.15, 0.2) is 5.89 Å². The average Bonchev–Trinajstić information content (AvgIpc) is 2.94. The summed E-state index contributed by atoms with van der Waals surface area (Å²) >= 11 is 0. The molecular formula is C16H24N2O4. The van der Waals surface area contributed by atoms with Crippen LogP contribution in [-0.2, 0) is 16.0 Å². The number of aryl methyl sites for hydroxylation is 1. The van der Waals surface area contributed by atoms with Gasteiger partial charge in [0.1, 0.15) is 6.26 Å². The van der Waals surface area contributed by atoms with Gasteiger partial charge < -0.3 is 19.0 Å². The first-order valence-corrected chi connectivity index (χ1v) is 8.20. The van der Waals surface area contributed by atoms with E-state index in [1.54, 1.807) is 6.26 Å². The minimum Gasteiger partial charge on any atom is -0.449 e. The third-order valence-corrected chi connectivity index (χ3v) is 5.59. The highest BCUT2D eigenvalue weighted by Gasteiger charge is 2.55. The molecule has 4 heterocycles. The molecule has 4 rings (SSSR count). The van der Waals surface area contributed by atoms with Crippen LogP contribution < -0.4 is 0 Å². The number of likely N-dealkylation sites (tertiary alicyclic amines) is 1. The zero-order valence-electron chi connectivity index (χ0n) is 13.0. The first-order valence-electron chi connectivity index (χ1n) is 8.20. The van der Waals surface area contributed by atoms with E-state index in [2.05, 4.69) is 9.88 Å². The van der Waals surface area contributed by atoms with Crippen LogP contribution in [0.15, 0.2) is 10.7 Å². The Kier molecular flexibility index (Phi) is 3.72. The predicted octanol–water partition coefficient (Wildman–Crippen LogP) is 0.971. The van der Waals surface area contributed by atoms with Crippen LogP contribution in [0.25, 0.3) is 0 Å². The van der Waals surface area contributed by atoms with Gasteiger partial charge in [0.05, 0.1) is 24.5 Å². The van der Waals surface area contributed by atoms with Crippen LogP contribution in [0, 0.1) is 18.8 Å². The number of hydrogen-bond donors (Lipinski definition) is 1. The van der Waals surface area contributed by atoms with Gasteiger partial charge in [-0.1, -0.05) is 0 Å². The van der Waals surface area contributed by atoms with Gasteiger partial charge in [0, 0.05) is 57.5 Å². The van der Waals surface area contributed by atoms with Crippen molar-refractivity contribution < 1.29 is 19.0 Å². The van der Waals surface area contributed by atoms with Gasteiger partial charge in [-0.15, -0.1) is 0 Å². The number of fused-ring (bicyclic) bond motifs is 3. The fourth-order valence-electron chi connectivity index (χ4n) is 4.44. The molecule has 1 N–H and O–H groups in total. The summed E-state index contributed by atoms with van der Waals surface area (Å²) in [5.41, 5.74) is 0.324. The molecule has 3 aliphatic heterocycles. The Balaban J connectivity index is 1.59. The molecule has 0 aliphatic carbocycles. The van der Waals surface area contributed by atoms with Crippen LogP contribution in [0.3, 0.4) is 0 Å². The summed E-state index contributed by atoms with van der Waals surface area (Å²) in [6.07, 6.45) is 3.43. The second-order valence-corrected chi connectivity index (χ2v) is 6.84. The number of ether oxygens (including phenoxy) is 2. The maximum Gasteiger partial charge on any atom is 0.191 e. The number of piperidine rings is 1. The Bertz CT molecular complexity index is 534. The monoisotopic (exact) mass is 308 g/mol. The third-order valence-electron chi connectivity index (χ3n) is 5.59. The van der Waals surface area contributed by atoms with E-state index in [0.29, 0.717) is 31.8 Å². The normalized spacial score (nSPS) is 39.3. The molecule has 0 saturated carbocycles. The van der Waals surface area contributed by atoms with E-state index in [1.807, 2.05) is 6.92 Å². The van der Waals surface area contributed by atoms with Gasteiger partial charge >= 0.3 is 0 Å². The van der Waals surface area contributed by atoms with Crippen molar-refractivity contribution in [1.82, 2.24) is 9.88 Å². The van der Waals surface area contributed by atoms with E-state index in [-0.39, 0.29) is 11.8 Å². The molecule has 1 aromatic heterocycles. The van der Waals surface area contributed by atoms with E-state index < -0.39 is 5.60 Å². The number of oxazole rings is 1. The average molecular weight is 308 g/mol. The molecule has 0 spiro atoms. The van der Waals surface area contributed by atoms with Gasteiger partial charge in [-0.2, -0.15) is 0 Å². The summed E-state index contributed by atoms with van der Waals surface area (Å²) in [7, 11) is 0. The minimum absolute atomic E-state index is 0.150. The van der Waals surface area contributed by atoms with Crippen molar-refractivity contribution in [2.24, 2.45) is 11.8 Å². The number of aromatic nitrogens is 1. The molecule has 6 nitrogen and oxygen atoms in total. The van der Waals surface area contributed by atoms with Gasteiger partial charge in [0.25, 0.3) is 0 Å².